The van der Waals surface area contributed by atoms with Crippen LogP contribution in [-0.2, 0) is 10.0 Å². The maximum absolute atomic E-state index is 11.9. The number of pyridine rings is 1. The molecule has 0 fully saturated rings. The van der Waals surface area contributed by atoms with Crippen molar-refractivity contribution >= 4 is 10.0 Å². The van der Waals surface area contributed by atoms with E-state index < -0.39 is 10.0 Å². The van der Waals surface area contributed by atoms with E-state index in [1.54, 1.807) is 0 Å². The smallest absolute Gasteiger partial charge is 0.247 e. The summed E-state index contributed by atoms with van der Waals surface area (Å²) in [4.78, 5) is 13.3. The van der Waals surface area contributed by atoms with Gasteiger partial charge in [0.15, 0.2) is 0 Å². The molecule has 1 heterocycles. The summed E-state index contributed by atoms with van der Waals surface area (Å²) in [7, 11) is -3.55. The van der Waals surface area contributed by atoms with Crippen LogP contribution < -0.4 is 10.3 Å². The van der Waals surface area contributed by atoms with Crippen molar-refractivity contribution < 1.29 is 8.42 Å². The molecule has 0 aromatic carbocycles. The minimum absolute atomic E-state index is 0.0762. The number of nitrogens with one attached hydrogen (secondary N) is 2. The average molecular weight is 258 g/mol. The van der Waals surface area contributed by atoms with E-state index in [0.717, 1.165) is 6.42 Å². The van der Waals surface area contributed by atoms with Crippen LogP contribution in [0.1, 0.15) is 27.2 Å². The molecular weight excluding hydrogens is 240 g/mol. The molecule has 0 bridgehead atoms. The molecule has 2 atom stereocenters. The third-order valence-electron chi connectivity index (χ3n) is 2.90. The maximum Gasteiger partial charge on any atom is 0.247 e. The van der Waals surface area contributed by atoms with Gasteiger partial charge in [-0.3, -0.25) is 4.79 Å². The summed E-state index contributed by atoms with van der Waals surface area (Å²) in [5.74, 6) is 0.257. The Morgan fingerprint density at radius 1 is 1.35 bits per heavy atom. The van der Waals surface area contributed by atoms with Gasteiger partial charge >= 0.3 is 0 Å². The first-order valence-corrected chi connectivity index (χ1v) is 7.06. The van der Waals surface area contributed by atoms with Crippen LogP contribution in [-0.4, -0.2) is 19.4 Å². The second kappa shape index (κ2) is 5.46. The lowest BCUT2D eigenvalue weighted by atomic mass is 10.0. The summed E-state index contributed by atoms with van der Waals surface area (Å²) in [5, 5.41) is 0. The number of aromatic nitrogens is 1. The fraction of sp³-hybridized carbons (Fsp3) is 0.545. The van der Waals surface area contributed by atoms with Gasteiger partial charge in [0.2, 0.25) is 15.6 Å². The molecule has 0 aliphatic rings. The third-order valence-corrected chi connectivity index (χ3v) is 4.46. The van der Waals surface area contributed by atoms with E-state index in [1.807, 2.05) is 20.8 Å². The Hall–Kier alpha value is -1.14. The minimum atomic E-state index is -3.55. The zero-order chi connectivity index (χ0) is 13.1. The topological polar surface area (TPSA) is 79.0 Å². The molecule has 1 aromatic heterocycles. The fourth-order valence-corrected chi connectivity index (χ4v) is 2.67. The standard InChI is InChI=1S/C11H18N2O3S/c1-4-8(2)9(3)13-17(15,16)10-5-6-11(14)12-7-10/h5-9,13H,4H2,1-3H3,(H,12,14). The summed E-state index contributed by atoms with van der Waals surface area (Å²) in [6.07, 6.45) is 2.10. The molecule has 0 saturated carbocycles. The van der Waals surface area contributed by atoms with Gasteiger partial charge in [0.05, 0.1) is 4.90 Å². The van der Waals surface area contributed by atoms with Crippen LogP contribution in [0.5, 0.6) is 0 Å². The van der Waals surface area contributed by atoms with E-state index in [1.165, 1.54) is 18.3 Å². The molecule has 0 aliphatic carbocycles. The van der Waals surface area contributed by atoms with Crippen LogP contribution in [0.3, 0.4) is 0 Å². The fourth-order valence-electron chi connectivity index (χ4n) is 1.35. The van der Waals surface area contributed by atoms with E-state index in [9.17, 15) is 13.2 Å². The molecule has 0 radical (unpaired) electrons. The zero-order valence-electron chi connectivity index (χ0n) is 10.2. The van der Waals surface area contributed by atoms with Crippen molar-refractivity contribution in [2.24, 2.45) is 5.92 Å². The van der Waals surface area contributed by atoms with Crippen LogP contribution in [0, 0.1) is 5.92 Å². The first-order valence-electron chi connectivity index (χ1n) is 5.58. The summed E-state index contributed by atoms with van der Waals surface area (Å²) in [5.41, 5.74) is -0.320. The average Bonchev–Trinajstić information content (AvgIpc) is 2.27. The lowest BCUT2D eigenvalue weighted by Gasteiger charge is -2.19. The van der Waals surface area contributed by atoms with E-state index in [2.05, 4.69) is 9.71 Å². The number of sulfonamides is 1. The summed E-state index contributed by atoms with van der Waals surface area (Å²) < 4.78 is 26.5. The van der Waals surface area contributed by atoms with Crippen LogP contribution in [0.25, 0.3) is 0 Å². The number of hydrogen-bond acceptors (Lipinski definition) is 3. The quantitative estimate of drug-likeness (QED) is 0.829. The highest BCUT2D eigenvalue weighted by atomic mass is 32.2. The molecule has 0 amide bonds. The van der Waals surface area contributed by atoms with Crippen molar-refractivity contribution in [1.29, 1.82) is 0 Å². The Balaban J connectivity index is 2.89. The monoisotopic (exact) mass is 258 g/mol. The third kappa shape index (κ3) is 3.67. The predicted molar refractivity (Wildman–Crippen MR) is 66.3 cm³/mol. The maximum atomic E-state index is 11.9. The van der Waals surface area contributed by atoms with Crippen molar-refractivity contribution in [3.63, 3.8) is 0 Å². The molecule has 2 unspecified atom stereocenters. The summed E-state index contributed by atoms with van der Waals surface area (Å²) >= 11 is 0. The van der Waals surface area contributed by atoms with Crippen LogP contribution >= 0.6 is 0 Å². The van der Waals surface area contributed by atoms with Crippen LogP contribution in [0.2, 0.25) is 0 Å². The van der Waals surface area contributed by atoms with E-state index in [-0.39, 0.29) is 22.4 Å². The van der Waals surface area contributed by atoms with Gasteiger partial charge in [-0.25, -0.2) is 13.1 Å². The van der Waals surface area contributed by atoms with Crippen molar-refractivity contribution in [2.75, 3.05) is 0 Å². The van der Waals surface area contributed by atoms with Gasteiger partial charge in [-0.05, 0) is 18.9 Å². The lowest BCUT2D eigenvalue weighted by Crippen LogP contribution is -2.37. The summed E-state index contributed by atoms with van der Waals surface area (Å²) in [6.45, 7) is 5.83. The molecule has 5 nitrogen and oxygen atoms in total. The molecule has 6 heteroatoms. The van der Waals surface area contributed by atoms with Gasteiger partial charge < -0.3 is 4.98 Å². The van der Waals surface area contributed by atoms with E-state index in [4.69, 9.17) is 0 Å². The minimum Gasteiger partial charge on any atom is -0.328 e. The van der Waals surface area contributed by atoms with Crippen molar-refractivity contribution in [2.45, 2.75) is 38.1 Å². The molecule has 1 aromatic rings. The Morgan fingerprint density at radius 3 is 2.47 bits per heavy atom. The van der Waals surface area contributed by atoms with E-state index >= 15 is 0 Å². The van der Waals surface area contributed by atoms with Crippen LogP contribution in [0.4, 0.5) is 0 Å². The lowest BCUT2D eigenvalue weighted by molar-refractivity contribution is 0.434. The second-order valence-electron chi connectivity index (χ2n) is 4.18. The van der Waals surface area contributed by atoms with Gasteiger partial charge in [0.25, 0.3) is 0 Å². The largest absolute Gasteiger partial charge is 0.328 e. The van der Waals surface area contributed by atoms with Crippen LogP contribution in [0.15, 0.2) is 28.0 Å². The molecular formula is C11H18N2O3S. The summed E-state index contributed by atoms with van der Waals surface area (Å²) in [6, 6.07) is 2.35. The molecule has 2 N–H and O–H groups in total. The number of H-pyrrole nitrogens is 1. The van der Waals surface area contributed by atoms with E-state index in [0.29, 0.717) is 0 Å². The normalized spacial score (nSPS) is 15.5. The first-order chi connectivity index (χ1) is 7.86. The number of aromatic amines is 1. The Bertz CT molecular complexity index is 501. The highest BCUT2D eigenvalue weighted by Crippen LogP contribution is 2.11. The molecule has 1 rings (SSSR count). The van der Waals surface area contributed by atoms with Crippen molar-refractivity contribution in [3.8, 4) is 0 Å². The SMILES string of the molecule is CCC(C)C(C)NS(=O)(=O)c1ccc(=O)[nH]c1. The first kappa shape index (κ1) is 13.9. The number of rotatable bonds is 5. The van der Waals surface area contributed by atoms with Gasteiger partial charge in [0, 0.05) is 18.3 Å². The molecule has 17 heavy (non-hydrogen) atoms. The highest BCUT2D eigenvalue weighted by molar-refractivity contribution is 7.89. The molecule has 0 spiro atoms. The zero-order valence-corrected chi connectivity index (χ0v) is 11.0. The van der Waals surface area contributed by atoms with Crippen molar-refractivity contribution in [1.82, 2.24) is 9.71 Å². The highest BCUT2D eigenvalue weighted by Gasteiger charge is 2.20. The second-order valence-corrected chi connectivity index (χ2v) is 5.90. The number of hydrogen-bond donors (Lipinski definition) is 2. The molecule has 96 valence electrons. The van der Waals surface area contributed by atoms with Gasteiger partial charge in [-0.2, -0.15) is 0 Å². The molecule has 0 aliphatic heterocycles. The predicted octanol–water partition coefficient (Wildman–Crippen LogP) is 1.09. The van der Waals surface area contributed by atoms with Gasteiger partial charge in [-0.1, -0.05) is 20.3 Å². The van der Waals surface area contributed by atoms with Crippen molar-refractivity contribution in [3.05, 3.63) is 28.7 Å². The van der Waals surface area contributed by atoms with Gasteiger partial charge in [-0.15, -0.1) is 0 Å². The Kier molecular flexibility index (Phi) is 4.47. The Morgan fingerprint density at radius 2 is 2.00 bits per heavy atom. The molecule has 0 saturated heterocycles. The Labute approximate surface area is 101 Å². The van der Waals surface area contributed by atoms with Gasteiger partial charge in [0.1, 0.15) is 0 Å².